The largest absolute Gasteiger partial charge is 0.360 e. The van der Waals surface area contributed by atoms with Crippen molar-refractivity contribution >= 4 is 5.69 Å². The molecule has 0 aliphatic carbocycles. The van der Waals surface area contributed by atoms with Gasteiger partial charge >= 0.3 is 0 Å². The predicted molar refractivity (Wildman–Crippen MR) is 60.1 cm³/mol. The average Bonchev–Trinajstić information content (AvgIpc) is 2.83. The smallest absolute Gasteiger partial charge is 0.269 e. The Balaban J connectivity index is 1.85. The molecule has 0 aliphatic rings. The first-order valence-corrected chi connectivity index (χ1v) is 5.09. The molecule has 1 aromatic heterocycles. The van der Waals surface area contributed by atoms with Crippen LogP contribution < -0.4 is 5.32 Å². The first-order chi connectivity index (χ1) is 8.25. The molecular weight excluding hydrogens is 222 g/mol. The molecular formula is C11H11N3O3. The third-order valence-electron chi connectivity index (χ3n) is 2.27. The van der Waals surface area contributed by atoms with Gasteiger partial charge in [0.1, 0.15) is 5.76 Å². The quantitative estimate of drug-likeness (QED) is 0.629. The van der Waals surface area contributed by atoms with Crippen molar-refractivity contribution < 1.29 is 9.45 Å². The van der Waals surface area contributed by atoms with Gasteiger partial charge in [0.15, 0.2) is 0 Å². The third-order valence-corrected chi connectivity index (χ3v) is 2.27. The number of non-ortho nitro benzene ring substituents is 1. The molecule has 0 atom stereocenters. The fourth-order valence-electron chi connectivity index (χ4n) is 1.40. The van der Waals surface area contributed by atoms with E-state index in [1.54, 1.807) is 24.4 Å². The summed E-state index contributed by atoms with van der Waals surface area (Å²) in [4.78, 5) is 10.0. The zero-order chi connectivity index (χ0) is 12.1. The monoisotopic (exact) mass is 233 g/mol. The highest BCUT2D eigenvalue weighted by Gasteiger charge is 2.03. The van der Waals surface area contributed by atoms with Crippen LogP contribution in [0, 0.1) is 10.1 Å². The zero-order valence-corrected chi connectivity index (χ0v) is 9.00. The van der Waals surface area contributed by atoms with Crippen molar-refractivity contribution in [3.05, 3.63) is 58.0 Å². The van der Waals surface area contributed by atoms with Crippen LogP contribution in [-0.2, 0) is 13.1 Å². The molecule has 88 valence electrons. The lowest BCUT2D eigenvalue weighted by molar-refractivity contribution is -0.384. The summed E-state index contributed by atoms with van der Waals surface area (Å²) in [5.41, 5.74) is 1.08. The van der Waals surface area contributed by atoms with Crippen molar-refractivity contribution in [2.45, 2.75) is 13.1 Å². The lowest BCUT2D eigenvalue weighted by Crippen LogP contribution is -2.12. The summed E-state index contributed by atoms with van der Waals surface area (Å²) in [5, 5.41) is 17.2. The van der Waals surface area contributed by atoms with Crippen molar-refractivity contribution in [2.75, 3.05) is 0 Å². The second-order valence-corrected chi connectivity index (χ2v) is 3.51. The summed E-state index contributed by atoms with van der Waals surface area (Å²) in [7, 11) is 0. The molecule has 0 spiro atoms. The number of nitro groups is 1. The Bertz CT molecular complexity index is 479. The lowest BCUT2D eigenvalue weighted by Gasteiger charge is -2.02. The molecule has 2 aromatic rings. The normalized spacial score (nSPS) is 10.4. The van der Waals surface area contributed by atoms with Crippen LogP contribution in [-0.4, -0.2) is 10.1 Å². The summed E-state index contributed by atoms with van der Waals surface area (Å²) in [5.74, 6) is 0.756. The minimum atomic E-state index is -0.411. The fourth-order valence-corrected chi connectivity index (χ4v) is 1.40. The highest BCUT2D eigenvalue weighted by molar-refractivity contribution is 5.32. The second kappa shape index (κ2) is 5.22. The predicted octanol–water partition coefficient (Wildman–Crippen LogP) is 1.87. The van der Waals surface area contributed by atoms with E-state index in [-0.39, 0.29) is 5.69 Å². The number of benzene rings is 1. The number of aromatic nitrogens is 1. The van der Waals surface area contributed by atoms with Crippen molar-refractivity contribution in [1.82, 2.24) is 10.5 Å². The molecule has 0 saturated carbocycles. The molecule has 17 heavy (non-hydrogen) atoms. The Hall–Kier alpha value is -2.21. The average molecular weight is 233 g/mol. The molecule has 0 radical (unpaired) electrons. The summed E-state index contributed by atoms with van der Waals surface area (Å²) in [6, 6.07) is 8.22. The minimum absolute atomic E-state index is 0.101. The molecule has 0 aliphatic heterocycles. The Morgan fingerprint density at radius 2 is 2.00 bits per heavy atom. The summed E-state index contributed by atoms with van der Waals surface area (Å²) in [6.07, 6.45) is 1.59. The van der Waals surface area contributed by atoms with Gasteiger partial charge in [-0.2, -0.15) is 0 Å². The Kier molecular flexibility index (Phi) is 3.46. The van der Waals surface area contributed by atoms with E-state index in [2.05, 4.69) is 10.5 Å². The van der Waals surface area contributed by atoms with E-state index < -0.39 is 4.92 Å². The van der Waals surface area contributed by atoms with E-state index in [0.717, 1.165) is 11.3 Å². The van der Waals surface area contributed by atoms with Gasteiger partial charge in [0.2, 0.25) is 0 Å². The maximum Gasteiger partial charge on any atom is 0.269 e. The number of rotatable bonds is 5. The van der Waals surface area contributed by atoms with Crippen molar-refractivity contribution in [3.8, 4) is 0 Å². The van der Waals surface area contributed by atoms with E-state index in [0.29, 0.717) is 13.1 Å². The Labute approximate surface area is 97.4 Å². The third kappa shape index (κ3) is 3.12. The van der Waals surface area contributed by atoms with Crippen molar-refractivity contribution in [1.29, 1.82) is 0 Å². The van der Waals surface area contributed by atoms with Gasteiger partial charge in [0.05, 0.1) is 17.7 Å². The SMILES string of the molecule is O=[N+]([O-])c1ccc(CNCc2ccno2)cc1. The van der Waals surface area contributed by atoms with E-state index in [9.17, 15) is 10.1 Å². The highest BCUT2D eigenvalue weighted by atomic mass is 16.6. The molecule has 1 N–H and O–H groups in total. The van der Waals surface area contributed by atoms with Gasteiger partial charge in [-0.3, -0.25) is 10.1 Å². The van der Waals surface area contributed by atoms with E-state index >= 15 is 0 Å². The standard InChI is InChI=1S/C11H11N3O3/c15-14(16)10-3-1-9(2-4-10)7-12-8-11-5-6-13-17-11/h1-6,12H,7-8H2. The molecule has 1 heterocycles. The molecule has 0 saturated heterocycles. The molecule has 2 rings (SSSR count). The van der Waals surface area contributed by atoms with Gasteiger partial charge in [-0.1, -0.05) is 17.3 Å². The van der Waals surface area contributed by atoms with Gasteiger partial charge in [-0.05, 0) is 5.56 Å². The van der Waals surface area contributed by atoms with Gasteiger partial charge in [0.25, 0.3) is 5.69 Å². The Morgan fingerprint density at radius 1 is 1.24 bits per heavy atom. The maximum absolute atomic E-state index is 10.5. The molecule has 6 heteroatoms. The first-order valence-electron chi connectivity index (χ1n) is 5.09. The van der Waals surface area contributed by atoms with E-state index in [1.807, 2.05) is 0 Å². The number of hydrogen-bond donors (Lipinski definition) is 1. The number of nitro benzene ring substituents is 1. The van der Waals surface area contributed by atoms with Crippen LogP contribution in [0.4, 0.5) is 5.69 Å². The van der Waals surface area contributed by atoms with E-state index in [1.165, 1.54) is 12.1 Å². The topological polar surface area (TPSA) is 81.2 Å². The van der Waals surface area contributed by atoms with Crippen LogP contribution in [0.2, 0.25) is 0 Å². The Morgan fingerprint density at radius 3 is 2.59 bits per heavy atom. The van der Waals surface area contributed by atoms with Crippen LogP contribution in [0.5, 0.6) is 0 Å². The molecule has 0 unspecified atom stereocenters. The van der Waals surface area contributed by atoms with Crippen LogP contribution in [0.15, 0.2) is 41.1 Å². The number of nitrogens with one attached hydrogen (secondary N) is 1. The van der Waals surface area contributed by atoms with Gasteiger partial charge in [0, 0.05) is 24.7 Å². The summed E-state index contributed by atoms with van der Waals surface area (Å²) >= 11 is 0. The van der Waals surface area contributed by atoms with Gasteiger partial charge < -0.3 is 9.84 Å². The molecule has 0 amide bonds. The summed E-state index contributed by atoms with van der Waals surface area (Å²) in [6.45, 7) is 1.20. The summed E-state index contributed by atoms with van der Waals surface area (Å²) < 4.78 is 4.92. The highest BCUT2D eigenvalue weighted by Crippen LogP contribution is 2.11. The first kappa shape index (κ1) is 11.3. The lowest BCUT2D eigenvalue weighted by atomic mass is 10.2. The van der Waals surface area contributed by atoms with Crippen LogP contribution >= 0.6 is 0 Å². The van der Waals surface area contributed by atoms with E-state index in [4.69, 9.17) is 4.52 Å². The number of nitrogens with zero attached hydrogens (tertiary/aromatic N) is 2. The van der Waals surface area contributed by atoms with Gasteiger partial charge in [-0.25, -0.2) is 0 Å². The van der Waals surface area contributed by atoms with Crippen LogP contribution in [0.3, 0.4) is 0 Å². The zero-order valence-electron chi connectivity index (χ0n) is 9.00. The van der Waals surface area contributed by atoms with Crippen LogP contribution in [0.25, 0.3) is 0 Å². The van der Waals surface area contributed by atoms with Gasteiger partial charge in [-0.15, -0.1) is 0 Å². The van der Waals surface area contributed by atoms with Crippen LogP contribution in [0.1, 0.15) is 11.3 Å². The molecule has 0 bridgehead atoms. The van der Waals surface area contributed by atoms with Crippen molar-refractivity contribution in [3.63, 3.8) is 0 Å². The maximum atomic E-state index is 10.5. The molecule has 1 aromatic carbocycles. The molecule has 6 nitrogen and oxygen atoms in total. The second-order valence-electron chi connectivity index (χ2n) is 3.51. The number of hydrogen-bond acceptors (Lipinski definition) is 5. The van der Waals surface area contributed by atoms with Crippen molar-refractivity contribution in [2.24, 2.45) is 0 Å². The molecule has 0 fully saturated rings. The minimum Gasteiger partial charge on any atom is -0.360 e. The fraction of sp³-hybridized carbons (Fsp3) is 0.182.